The van der Waals surface area contributed by atoms with Crippen LogP contribution in [-0.2, 0) is 0 Å². The van der Waals surface area contributed by atoms with E-state index in [-0.39, 0.29) is 18.3 Å². The van der Waals surface area contributed by atoms with E-state index in [9.17, 15) is 4.79 Å². The lowest BCUT2D eigenvalue weighted by atomic mass is 10.1. The van der Waals surface area contributed by atoms with Gasteiger partial charge in [0.25, 0.3) is 5.91 Å². The Morgan fingerprint density at radius 1 is 1.25 bits per heavy atom. The summed E-state index contributed by atoms with van der Waals surface area (Å²) >= 11 is 0. The Labute approximate surface area is 122 Å². The molecule has 0 unspecified atom stereocenters. The zero-order chi connectivity index (χ0) is 13.2. The number of nitrogens with two attached hydrogens (primary N) is 1. The standard InChI is InChI=1S/C14H14N4O.ClH/c15-6-8-17-14(19)13-12-10(5-7-16-13)9-3-1-2-4-11(9)18-12;/h1-5,7,18H,6,8,15H2,(H,17,19);1H. The first-order valence-electron chi connectivity index (χ1n) is 6.15. The maximum absolute atomic E-state index is 12.0. The van der Waals surface area contributed by atoms with Crippen LogP contribution in [0.2, 0.25) is 0 Å². The first kappa shape index (κ1) is 14.3. The molecule has 3 aromatic rings. The van der Waals surface area contributed by atoms with Gasteiger partial charge in [-0.05, 0) is 12.1 Å². The topological polar surface area (TPSA) is 83.8 Å². The van der Waals surface area contributed by atoms with E-state index in [0.29, 0.717) is 18.8 Å². The molecule has 5 nitrogen and oxygen atoms in total. The molecule has 0 saturated carbocycles. The minimum absolute atomic E-state index is 0. The molecule has 2 heterocycles. The van der Waals surface area contributed by atoms with E-state index in [4.69, 9.17) is 5.73 Å². The van der Waals surface area contributed by atoms with Crippen molar-refractivity contribution in [3.05, 3.63) is 42.2 Å². The summed E-state index contributed by atoms with van der Waals surface area (Å²) in [6, 6.07) is 9.85. The Bertz CT molecular complexity index is 753. The summed E-state index contributed by atoms with van der Waals surface area (Å²) in [4.78, 5) is 19.5. The fraction of sp³-hybridized carbons (Fsp3) is 0.143. The fourth-order valence-corrected chi connectivity index (χ4v) is 2.22. The maximum Gasteiger partial charge on any atom is 0.272 e. The normalized spacial score (nSPS) is 10.4. The average molecular weight is 291 g/mol. The number of fused-ring (bicyclic) bond motifs is 3. The molecule has 0 aliphatic rings. The van der Waals surface area contributed by atoms with Crippen LogP contribution in [-0.4, -0.2) is 29.0 Å². The predicted octanol–water partition coefficient (Wildman–Crippen LogP) is 1.83. The quantitative estimate of drug-likeness (QED) is 0.688. The number of hydrogen-bond donors (Lipinski definition) is 3. The Kier molecular flexibility index (Phi) is 4.22. The van der Waals surface area contributed by atoms with Crippen LogP contribution < -0.4 is 11.1 Å². The van der Waals surface area contributed by atoms with Crippen LogP contribution in [0.5, 0.6) is 0 Å². The number of carbonyl (C=O) groups excluding carboxylic acids is 1. The molecule has 1 aromatic carbocycles. The highest BCUT2D eigenvalue weighted by Crippen LogP contribution is 2.26. The van der Waals surface area contributed by atoms with Crippen molar-refractivity contribution in [2.24, 2.45) is 5.73 Å². The summed E-state index contributed by atoms with van der Waals surface area (Å²) in [6.45, 7) is 0.853. The highest BCUT2D eigenvalue weighted by atomic mass is 35.5. The van der Waals surface area contributed by atoms with E-state index in [1.54, 1.807) is 6.20 Å². The van der Waals surface area contributed by atoms with Crippen molar-refractivity contribution in [3.8, 4) is 0 Å². The van der Waals surface area contributed by atoms with Crippen molar-refractivity contribution in [3.63, 3.8) is 0 Å². The number of para-hydroxylation sites is 1. The molecule has 3 rings (SSSR count). The van der Waals surface area contributed by atoms with Gasteiger partial charge < -0.3 is 16.0 Å². The molecule has 0 fully saturated rings. The van der Waals surface area contributed by atoms with Crippen molar-refractivity contribution < 1.29 is 4.79 Å². The van der Waals surface area contributed by atoms with Crippen molar-refractivity contribution >= 4 is 40.1 Å². The van der Waals surface area contributed by atoms with Crippen molar-refractivity contribution in [2.45, 2.75) is 0 Å². The number of nitrogens with zero attached hydrogens (tertiary/aromatic N) is 1. The molecule has 6 heteroatoms. The SMILES string of the molecule is Cl.NCCNC(=O)c1nccc2c1[nH]c1ccccc12. The number of hydrogen-bond acceptors (Lipinski definition) is 3. The number of carbonyl (C=O) groups is 1. The lowest BCUT2D eigenvalue weighted by Crippen LogP contribution is -2.29. The van der Waals surface area contributed by atoms with Gasteiger partial charge in [0.05, 0.1) is 5.52 Å². The zero-order valence-electron chi connectivity index (χ0n) is 10.7. The summed E-state index contributed by atoms with van der Waals surface area (Å²) in [5.41, 5.74) is 7.55. The van der Waals surface area contributed by atoms with Gasteiger partial charge in [0.2, 0.25) is 0 Å². The van der Waals surface area contributed by atoms with E-state index in [1.807, 2.05) is 30.3 Å². The smallest absolute Gasteiger partial charge is 0.272 e. The second-order valence-corrected chi connectivity index (χ2v) is 4.30. The van der Waals surface area contributed by atoms with Gasteiger partial charge in [0.15, 0.2) is 5.69 Å². The summed E-state index contributed by atoms with van der Waals surface area (Å²) in [6.07, 6.45) is 1.65. The Hall–Kier alpha value is -2.11. The third kappa shape index (κ3) is 2.33. The Balaban J connectivity index is 0.00000147. The van der Waals surface area contributed by atoms with Gasteiger partial charge in [-0.25, -0.2) is 4.98 Å². The molecule has 0 bridgehead atoms. The molecule has 4 N–H and O–H groups in total. The molecule has 104 valence electrons. The van der Waals surface area contributed by atoms with E-state index < -0.39 is 0 Å². The summed E-state index contributed by atoms with van der Waals surface area (Å²) in [5.74, 6) is -0.206. The molecule has 0 radical (unpaired) electrons. The lowest BCUT2D eigenvalue weighted by Gasteiger charge is -2.03. The summed E-state index contributed by atoms with van der Waals surface area (Å²) in [5, 5.41) is 4.83. The first-order chi connectivity index (χ1) is 9.31. The monoisotopic (exact) mass is 290 g/mol. The van der Waals surface area contributed by atoms with E-state index >= 15 is 0 Å². The van der Waals surface area contributed by atoms with E-state index in [0.717, 1.165) is 21.8 Å². The van der Waals surface area contributed by atoms with Gasteiger partial charge in [-0.3, -0.25) is 4.79 Å². The molecule has 0 aliphatic carbocycles. The third-order valence-electron chi connectivity index (χ3n) is 3.07. The molecule has 2 aromatic heterocycles. The average Bonchev–Trinajstić information content (AvgIpc) is 2.83. The van der Waals surface area contributed by atoms with Crippen LogP contribution >= 0.6 is 12.4 Å². The van der Waals surface area contributed by atoms with Crippen LogP contribution in [0.3, 0.4) is 0 Å². The zero-order valence-corrected chi connectivity index (χ0v) is 11.5. The molecule has 0 atom stereocenters. The van der Waals surface area contributed by atoms with Gasteiger partial charge in [0, 0.05) is 35.6 Å². The number of pyridine rings is 1. The minimum Gasteiger partial charge on any atom is -0.353 e. The number of halogens is 1. The van der Waals surface area contributed by atoms with Crippen LogP contribution in [0, 0.1) is 0 Å². The molecule has 20 heavy (non-hydrogen) atoms. The number of nitrogens with one attached hydrogen (secondary N) is 2. The van der Waals surface area contributed by atoms with E-state index in [2.05, 4.69) is 15.3 Å². The molecular weight excluding hydrogens is 276 g/mol. The number of aromatic nitrogens is 2. The fourth-order valence-electron chi connectivity index (χ4n) is 2.22. The van der Waals surface area contributed by atoms with Gasteiger partial charge >= 0.3 is 0 Å². The minimum atomic E-state index is -0.206. The van der Waals surface area contributed by atoms with Crippen molar-refractivity contribution in [1.29, 1.82) is 0 Å². The highest BCUT2D eigenvalue weighted by Gasteiger charge is 2.14. The summed E-state index contributed by atoms with van der Waals surface area (Å²) < 4.78 is 0. The highest BCUT2D eigenvalue weighted by molar-refractivity contribution is 6.13. The maximum atomic E-state index is 12.0. The number of benzene rings is 1. The second-order valence-electron chi connectivity index (χ2n) is 4.30. The van der Waals surface area contributed by atoms with Gasteiger partial charge in [-0.15, -0.1) is 12.4 Å². The van der Waals surface area contributed by atoms with Crippen molar-refractivity contribution in [2.75, 3.05) is 13.1 Å². The van der Waals surface area contributed by atoms with Crippen molar-refractivity contribution in [1.82, 2.24) is 15.3 Å². The molecule has 0 aliphatic heterocycles. The number of aromatic amines is 1. The van der Waals surface area contributed by atoms with Crippen LogP contribution in [0.4, 0.5) is 0 Å². The summed E-state index contributed by atoms with van der Waals surface area (Å²) in [7, 11) is 0. The Morgan fingerprint density at radius 2 is 2.05 bits per heavy atom. The predicted molar refractivity (Wildman–Crippen MR) is 82.2 cm³/mol. The van der Waals surface area contributed by atoms with Crippen LogP contribution in [0.1, 0.15) is 10.5 Å². The van der Waals surface area contributed by atoms with Gasteiger partial charge in [0.1, 0.15) is 0 Å². The van der Waals surface area contributed by atoms with E-state index in [1.165, 1.54) is 0 Å². The Morgan fingerprint density at radius 3 is 2.85 bits per heavy atom. The largest absolute Gasteiger partial charge is 0.353 e. The molecule has 0 spiro atoms. The van der Waals surface area contributed by atoms with Gasteiger partial charge in [-0.2, -0.15) is 0 Å². The third-order valence-corrected chi connectivity index (χ3v) is 3.07. The van der Waals surface area contributed by atoms with Crippen LogP contribution in [0.25, 0.3) is 21.8 Å². The second kappa shape index (κ2) is 5.90. The molecule has 1 amide bonds. The number of amides is 1. The molecule has 0 saturated heterocycles. The lowest BCUT2D eigenvalue weighted by molar-refractivity contribution is 0.0951. The van der Waals surface area contributed by atoms with Crippen LogP contribution in [0.15, 0.2) is 36.5 Å². The molecular formula is C14H15ClN4O. The first-order valence-corrected chi connectivity index (χ1v) is 6.15. The van der Waals surface area contributed by atoms with Gasteiger partial charge in [-0.1, -0.05) is 18.2 Å². The number of rotatable bonds is 3. The number of H-pyrrole nitrogens is 1.